The summed E-state index contributed by atoms with van der Waals surface area (Å²) in [5.74, 6) is 2.31. The molecule has 0 spiro atoms. The van der Waals surface area contributed by atoms with E-state index in [-0.39, 0.29) is 12.1 Å². The molecule has 1 heterocycles. The van der Waals surface area contributed by atoms with Crippen molar-refractivity contribution in [3.05, 3.63) is 23.8 Å². The Hall–Kier alpha value is -1.26. The van der Waals surface area contributed by atoms with Gasteiger partial charge in [0.1, 0.15) is 11.5 Å². The second kappa shape index (κ2) is 6.46. The first kappa shape index (κ1) is 15.1. The molecule has 0 amide bonds. The number of hydrogen-bond donors (Lipinski definition) is 1. The lowest BCUT2D eigenvalue weighted by Crippen LogP contribution is -2.34. The van der Waals surface area contributed by atoms with Gasteiger partial charge in [-0.25, -0.2) is 0 Å². The van der Waals surface area contributed by atoms with E-state index in [1.807, 2.05) is 12.1 Å². The van der Waals surface area contributed by atoms with Gasteiger partial charge in [-0.05, 0) is 18.4 Å². The molecule has 2 atom stereocenters. The van der Waals surface area contributed by atoms with E-state index in [4.69, 9.17) is 15.2 Å². The molecule has 2 N–H and O–H groups in total. The van der Waals surface area contributed by atoms with Crippen LogP contribution in [-0.2, 0) is 0 Å². The lowest BCUT2D eigenvalue weighted by atomic mass is 9.99. The standard InChI is InChI=1S/C16H26N2O2/c1-11(2)10-18-8-7-14(17)16(18)13-6-5-12(19-3)9-15(13)20-4/h5-6,9,11,14,16H,7-8,10,17H2,1-4H3. The van der Waals surface area contributed by atoms with E-state index in [2.05, 4.69) is 24.8 Å². The van der Waals surface area contributed by atoms with Crippen LogP contribution in [0, 0.1) is 5.92 Å². The Morgan fingerprint density at radius 3 is 2.65 bits per heavy atom. The molecule has 2 unspecified atom stereocenters. The van der Waals surface area contributed by atoms with Gasteiger partial charge in [-0.15, -0.1) is 0 Å². The van der Waals surface area contributed by atoms with Gasteiger partial charge in [0.2, 0.25) is 0 Å². The van der Waals surface area contributed by atoms with Crippen molar-refractivity contribution >= 4 is 0 Å². The highest BCUT2D eigenvalue weighted by molar-refractivity contribution is 5.43. The van der Waals surface area contributed by atoms with Crippen molar-refractivity contribution < 1.29 is 9.47 Å². The number of hydrogen-bond acceptors (Lipinski definition) is 4. The highest BCUT2D eigenvalue weighted by Crippen LogP contribution is 2.38. The fraction of sp³-hybridized carbons (Fsp3) is 0.625. The van der Waals surface area contributed by atoms with Gasteiger partial charge in [0.15, 0.2) is 0 Å². The Morgan fingerprint density at radius 2 is 2.05 bits per heavy atom. The Kier molecular flexibility index (Phi) is 4.89. The van der Waals surface area contributed by atoms with Gasteiger partial charge in [-0.1, -0.05) is 19.9 Å². The summed E-state index contributed by atoms with van der Waals surface area (Å²) in [6.07, 6.45) is 1.03. The van der Waals surface area contributed by atoms with Crippen LogP contribution in [0.25, 0.3) is 0 Å². The molecule has 0 saturated carbocycles. The van der Waals surface area contributed by atoms with E-state index >= 15 is 0 Å². The number of nitrogens with zero attached hydrogens (tertiary/aromatic N) is 1. The third kappa shape index (κ3) is 3.07. The molecule has 1 aliphatic rings. The van der Waals surface area contributed by atoms with Crippen molar-refractivity contribution in [1.29, 1.82) is 0 Å². The molecule has 0 aliphatic carbocycles. The number of benzene rings is 1. The lowest BCUT2D eigenvalue weighted by Gasteiger charge is -2.29. The SMILES string of the molecule is COc1ccc(C2C(N)CCN2CC(C)C)c(OC)c1. The van der Waals surface area contributed by atoms with E-state index in [0.717, 1.165) is 31.0 Å². The minimum atomic E-state index is 0.163. The average molecular weight is 278 g/mol. The maximum absolute atomic E-state index is 6.34. The highest BCUT2D eigenvalue weighted by Gasteiger charge is 2.34. The molecule has 0 aromatic heterocycles. The molecular formula is C16H26N2O2. The largest absolute Gasteiger partial charge is 0.497 e. The molecule has 1 aromatic rings. The normalized spacial score (nSPS) is 23.3. The summed E-state index contributed by atoms with van der Waals surface area (Å²) in [4.78, 5) is 2.47. The van der Waals surface area contributed by atoms with Crippen molar-refractivity contribution in [1.82, 2.24) is 4.90 Å². The van der Waals surface area contributed by atoms with Crippen molar-refractivity contribution in [3.8, 4) is 11.5 Å². The van der Waals surface area contributed by atoms with Crippen LogP contribution in [0.3, 0.4) is 0 Å². The summed E-state index contributed by atoms with van der Waals surface area (Å²) in [6.45, 7) is 6.60. The summed E-state index contributed by atoms with van der Waals surface area (Å²) in [7, 11) is 3.37. The molecule has 0 radical (unpaired) electrons. The fourth-order valence-electron chi connectivity index (χ4n) is 3.05. The number of likely N-dealkylation sites (tertiary alicyclic amines) is 1. The van der Waals surface area contributed by atoms with Crippen molar-refractivity contribution in [2.75, 3.05) is 27.3 Å². The molecule has 112 valence electrons. The Morgan fingerprint density at radius 1 is 1.30 bits per heavy atom. The molecule has 1 aromatic carbocycles. The first-order chi connectivity index (χ1) is 9.56. The van der Waals surface area contributed by atoms with Gasteiger partial charge in [0.25, 0.3) is 0 Å². The molecule has 4 heteroatoms. The van der Waals surface area contributed by atoms with Gasteiger partial charge in [-0.3, -0.25) is 4.90 Å². The van der Waals surface area contributed by atoms with Crippen molar-refractivity contribution in [2.24, 2.45) is 11.7 Å². The average Bonchev–Trinajstić information content (AvgIpc) is 2.78. The van der Waals surface area contributed by atoms with Crippen molar-refractivity contribution in [2.45, 2.75) is 32.4 Å². The highest BCUT2D eigenvalue weighted by atomic mass is 16.5. The third-order valence-corrected chi connectivity index (χ3v) is 3.91. The maximum atomic E-state index is 6.34. The Balaban J connectivity index is 2.32. The molecule has 4 nitrogen and oxygen atoms in total. The van der Waals surface area contributed by atoms with E-state index in [1.165, 1.54) is 5.56 Å². The van der Waals surface area contributed by atoms with Gasteiger partial charge in [0, 0.05) is 30.8 Å². The zero-order valence-corrected chi connectivity index (χ0v) is 12.9. The van der Waals surface area contributed by atoms with Crippen LogP contribution in [-0.4, -0.2) is 38.3 Å². The van der Waals surface area contributed by atoms with E-state index in [1.54, 1.807) is 14.2 Å². The minimum Gasteiger partial charge on any atom is -0.497 e. The van der Waals surface area contributed by atoms with Crippen molar-refractivity contribution in [3.63, 3.8) is 0 Å². The van der Waals surface area contributed by atoms with Crippen LogP contribution in [0.2, 0.25) is 0 Å². The summed E-state index contributed by atoms with van der Waals surface area (Å²) >= 11 is 0. The monoisotopic (exact) mass is 278 g/mol. The summed E-state index contributed by atoms with van der Waals surface area (Å²) < 4.78 is 10.8. The zero-order valence-electron chi connectivity index (χ0n) is 12.9. The van der Waals surface area contributed by atoms with Crippen LogP contribution in [0.1, 0.15) is 31.9 Å². The zero-order chi connectivity index (χ0) is 14.7. The molecule has 1 aliphatic heterocycles. The molecule has 2 rings (SSSR count). The van der Waals surface area contributed by atoms with Gasteiger partial charge in [0.05, 0.1) is 20.3 Å². The van der Waals surface area contributed by atoms with E-state index in [9.17, 15) is 0 Å². The predicted molar refractivity (Wildman–Crippen MR) is 81.3 cm³/mol. The molecule has 20 heavy (non-hydrogen) atoms. The first-order valence-electron chi connectivity index (χ1n) is 7.28. The second-order valence-electron chi connectivity index (χ2n) is 5.89. The van der Waals surface area contributed by atoms with Crippen LogP contribution in [0.15, 0.2) is 18.2 Å². The second-order valence-corrected chi connectivity index (χ2v) is 5.89. The molecular weight excluding hydrogens is 252 g/mol. The lowest BCUT2D eigenvalue weighted by molar-refractivity contribution is 0.217. The van der Waals surface area contributed by atoms with Gasteiger partial charge < -0.3 is 15.2 Å². The van der Waals surface area contributed by atoms with E-state index in [0.29, 0.717) is 5.92 Å². The van der Waals surface area contributed by atoms with Crippen LogP contribution in [0.5, 0.6) is 11.5 Å². The number of ether oxygens (including phenoxy) is 2. The summed E-state index contributed by atoms with van der Waals surface area (Å²) in [5.41, 5.74) is 7.51. The molecule has 1 fully saturated rings. The topological polar surface area (TPSA) is 47.7 Å². The van der Waals surface area contributed by atoms with Crippen LogP contribution >= 0.6 is 0 Å². The number of methoxy groups -OCH3 is 2. The third-order valence-electron chi connectivity index (χ3n) is 3.91. The first-order valence-corrected chi connectivity index (χ1v) is 7.28. The molecule has 1 saturated heterocycles. The minimum absolute atomic E-state index is 0.163. The summed E-state index contributed by atoms with van der Waals surface area (Å²) in [6, 6.07) is 6.40. The maximum Gasteiger partial charge on any atom is 0.127 e. The van der Waals surface area contributed by atoms with Gasteiger partial charge in [-0.2, -0.15) is 0 Å². The van der Waals surface area contributed by atoms with Crippen LogP contribution < -0.4 is 15.2 Å². The Labute approximate surface area is 121 Å². The number of nitrogens with two attached hydrogens (primary N) is 1. The summed E-state index contributed by atoms with van der Waals surface area (Å²) in [5, 5.41) is 0. The fourth-order valence-corrected chi connectivity index (χ4v) is 3.05. The van der Waals surface area contributed by atoms with Gasteiger partial charge >= 0.3 is 0 Å². The molecule has 0 bridgehead atoms. The Bertz CT molecular complexity index is 448. The number of rotatable bonds is 5. The van der Waals surface area contributed by atoms with Crippen LogP contribution in [0.4, 0.5) is 0 Å². The quantitative estimate of drug-likeness (QED) is 0.898. The predicted octanol–water partition coefficient (Wildman–Crippen LogP) is 2.43. The smallest absolute Gasteiger partial charge is 0.127 e. The van der Waals surface area contributed by atoms with E-state index < -0.39 is 0 Å².